The van der Waals surface area contributed by atoms with Gasteiger partial charge >= 0.3 is 0 Å². The molecule has 0 bridgehead atoms. The van der Waals surface area contributed by atoms with Gasteiger partial charge in [-0.15, -0.1) is 0 Å². The van der Waals surface area contributed by atoms with E-state index in [1.807, 2.05) is 0 Å². The Balaban J connectivity index is 1.97. The number of rotatable bonds is 5. The number of sulfonamides is 1. The molecule has 0 spiro atoms. The largest absolute Gasteiger partial charge is 0.396 e. The van der Waals surface area contributed by atoms with Gasteiger partial charge in [-0.05, 0) is 31.6 Å². The van der Waals surface area contributed by atoms with Crippen LogP contribution in [-0.2, 0) is 10.0 Å². The molecule has 1 aromatic rings. The van der Waals surface area contributed by atoms with E-state index >= 15 is 0 Å². The molecular weight excluding hydrogens is 266 g/mol. The van der Waals surface area contributed by atoms with Gasteiger partial charge in [0.2, 0.25) is 0 Å². The van der Waals surface area contributed by atoms with E-state index in [1.165, 1.54) is 6.20 Å². The van der Waals surface area contributed by atoms with Crippen molar-refractivity contribution in [1.82, 2.24) is 14.7 Å². The van der Waals surface area contributed by atoms with E-state index in [1.54, 1.807) is 6.92 Å². The fourth-order valence-corrected chi connectivity index (χ4v) is 3.69. The monoisotopic (exact) mass is 287 g/mol. The van der Waals surface area contributed by atoms with Crippen molar-refractivity contribution in [1.29, 1.82) is 0 Å². The third kappa shape index (κ3) is 3.55. The van der Waals surface area contributed by atoms with Gasteiger partial charge in [0.25, 0.3) is 10.0 Å². The van der Waals surface area contributed by atoms with E-state index in [9.17, 15) is 13.5 Å². The van der Waals surface area contributed by atoms with Crippen LogP contribution in [0.1, 0.15) is 31.5 Å². The summed E-state index contributed by atoms with van der Waals surface area (Å²) in [6.45, 7) is 2.23. The SMILES string of the molecule is Cc1ncc(S(=O)(=O)NCC2CCCCC2CO)[nH]1. The predicted molar refractivity (Wildman–Crippen MR) is 71.0 cm³/mol. The van der Waals surface area contributed by atoms with Crippen LogP contribution in [-0.4, -0.2) is 36.6 Å². The normalized spacial score (nSPS) is 24.5. The summed E-state index contributed by atoms with van der Waals surface area (Å²) in [4.78, 5) is 6.61. The molecule has 108 valence electrons. The number of H-pyrrole nitrogens is 1. The van der Waals surface area contributed by atoms with Crippen LogP contribution < -0.4 is 4.72 Å². The van der Waals surface area contributed by atoms with Gasteiger partial charge in [0.05, 0.1) is 6.20 Å². The Hall–Kier alpha value is -0.920. The number of aliphatic hydroxyl groups is 1. The van der Waals surface area contributed by atoms with Crippen LogP contribution in [0.25, 0.3) is 0 Å². The van der Waals surface area contributed by atoms with Gasteiger partial charge < -0.3 is 10.1 Å². The molecular formula is C12H21N3O3S. The first-order valence-corrected chi connectivity index (χ1v) is 8.13. The fraction of sp³-hybridized carbons (Fsp3) is 0.750. The molecule has 3 N–H and O–H groups in total. The smallest absolute Gasteiger partial charge is 0.257 e. The summed E-state index contributed by atoms with van der Waals surface area (Å²) in [5.41, 5.74) is 0. The molecule has 19 heavy (non-hydrogen) atoms. The number of imidazole rings is 1. The zero-order valence-corrected chi connectivity index (χ0v) is 11.9. The molecule has 6 nitrogen and oxygen atoms in total. The minimum Gasteiger partial charge on any atom is -0.396 e. The number of aryl methyl sites for hydroxylation is 1. The van der Waals surface area contributed by atoms with E-state index < -0.39 is 10.0 Å². The third-order valence-corrected chi connectivity index (χ3v) is 5.14. The van der Waals surface area contributed by atoms with E-state index in [0.29, 0.717) is 12.4 Å². The van der Waals surface area contributed by atoms with Crippen LogP contribution in [0.15, 0.2) is 11.2 Å². The highest BCUT2D eigenvalue weighted by Gasteiger charge is 2.26. The van der Waals surface area contributed by atoms with Gasteiger partial charge in [0.1, 0.15) is 5.82 Å². The van der Waals surface area contributed by atoms with Gasteiger partial charge in [-0.3, -0.25) is 0 Å². The molecule has 7 heteroatoms. The topological polar surface area (TPSA) is 95.1 Å². The molecule has 2 unspecified atom stereocenters. The highest BCUT2D eigenvalue weighted by Crippen LogP contribution is 2.29. The first-order chi connectivity index (χ1) is 9.03. The Labute approximate surface area is 113 Å². The quantitative estimate of drug-likeness (QED) is 0.746. The Kier molecular flexibility index (Phi) is 4.59. The Morgan fingerprint density at radius 3 is 2.68 bits per heavy atom. The van der Waals surface area contributed by atoms with Crippen molar-refractivity contribution in [2.45, 2.75) is 37.6 Å². The summed E-state index contributed by atoms with van der Waals surface area (Å²) in [5, 5.41) is 9.42. The molecule has 0 aliphatic heterocycles. The van der Waals surface area contributed by atoms with Gasteiger partial charge in [-0.25, -0.2) is 18.1 Å². The lowest BCUT2D eigenvalue weighted by Crippen LogP contribution is -2.35. The van der Waals surface area contributed by atoms with Crippen LogP contribution in [0.5, 0.6) is 0 Å². The predicted octanol–water partition coefficient (Wildman–Crippen LogP) is 0.795. The van der Waals surface area contributed by atoms with Crippen molar-refractivity contribution in [3.63, 3.8) is 0 Å². The molecule has 2 rings (SSSR count). The summed E-state index contributed by atoms with van der Waals surface area (Å²) in [7, 11) is -3.52. The second kappa shape index (κ2) is 6.02. The van der Waals surface area contributed by atoms with Gasteiger partial charge in [-0.2, -0.15) is 0 Å². The van der Waals surface area contributed by atoms with Crippen molar-refractivity contribution in [3.8, 4) is 0 Å². The highest BCUT2D eigenvalue weighted by molar-refractivity contribution is 7.89. The molecule has 0 amide bonds. The summed E-state index contributed by atoms with van der Waals surface area (Å²) < 4.78 is 26.7. The van der Waals surface area contributed by atoms with Gasteiger partial charge in [0, 0.05) is 13.2 Å². The van der Waals surface area contributed by atoms with Crippen molar-refractivity contribution < 1.29 is 13.5 Å². The van der Waals surface area contributed by atoms with E-state index in [-0.39, 0.29) is 23.5 Å². The maximum atomic E-state index is 12.0. The number of aromatic nitrogens is 2. The zero-order valence-electron chi connectivity index (χ0n) is 11.1. The molecule has 0 radical (unpaired) electrons. The lowest BCUT2D eigenvalue weighted by molar-refractivity contribution is 0.136. The van der Waals surface area contributed by atoms with Crippen molar-refractivity contribution in [3.05, 3.63) is 12.0 Å². The van der Waals surface area contributed by atoms with Crippen LogP contribution in [0.3, 0.4) is 0 Å². The average Bonchev–Trinajstić information content (AvgIpc) is 2.84. The summed E-state index contributed by atoms with van der Waals surface area (Å²) >= 11 is 0. The second-order valence-electron chi connectivity index (χ2n) is 5.17. The van der Waals surface area contributed by atoms with Crippen LogP contribution in [0.2, 0.25) is 0 Å². The summed E-state index contributed by atoms with van der Waals surface area (Å²) in [5.74, 6) is 1.00. The minimum absolute atomic E-state index is 0.0985. The van der Waals surface area contributed by atoms with Gasteiger partial charge in [-0.1, -0.05) is 12.8 Å². The number of hydrogen-bond donors (Lipinski definition) is 3. The third-order valence-electron chi connectivity index (χ3n) is 3.81. The van der Waals surface area contributed by atoms with Crippen LogP contribution in [0.4, 0.5) is 0 Å². The average molecular weight is 287 g/mol. The standard InChI is InChI=1S/C12H21N3O3S/c1-9-13-7-12(15-9)19(17,18)14-6-10-4-2-3-5-11(10)8-16/h7,10-11,14,16H,2-6,8H2,1H3,(H,13,15). The second-order valence-corrected chi connectivity index (χ2v) is 6.91. The van der Waals surface area contributed by atoms with Crippen molar-refractivity contribution >= 4 is 10.0 Å². The first kappa shape index (κ1) is 14.5. The number of aliphatic hydroxyl groups excluding tert-OH is 1. The zero-order chi connectivity index (χ0) is 13.9. The van der Waals surface area contributed by atoms with Gasteiger partial charge in [0.15, 0.2) is 5.03 Å². The molecule has 0 aromatic carbocycles. The van der Waals surface area contributed by atoms with Crippen molar-refractivity contribution in [2.24, 2.45) is 11.8 Å². The van der Waals surface area contributed by atoms with E-state index in [4.69, 9.17) is 0 Å². The van der Waals surface area contributed by atoms with E-state index in [0.717, 1.165) is 25.7 Å². The van der Waals surface area contributed by atoms with Crippen LogP contribution in [0, 0.1) is 18.8 Å². The molecule has 1 aliphatic carbocycles. The molecule has 2 atom stereocenters. The molecule has 1 fully saturated rings. The first-order valence-electron chi connectivity index (χ1n) is 6.65. The molecule has 1 aliphatic rings. The molecule has 1 saturated carbocycles. The number of aromatic amines is 1. The molecule has 1 aromatic heterocycles. The summed E-state index contributed by atoms with van der Waals surface area (Å²) in [6, 6.07) is 0. The van der Waals surface area contributed by atoms with E-state index in [2.05, 4.69) is 14.7 Å². The minimum atomic E-state index is -3.52. The molecule has 1 heterocycles. The Bertz CT molecular complexity index is 512. The van der Waals surface area contributed by atoms with Crippen molar-refractivity contribution in [2.75, 3.05) is 13.2 Å². The number of nitrogens with one attached hydrogen (secondary N) is 2. The summed E-state index contributed by atoms with van der Waals surface area (Å²) in [6.07, 6.45) is 5.49. The highest BCUT2D eigenvalue weighted by atomic mass is 32.2. The maximum Gasteiger partial charge on any atom is 0.257 e. The number of nitrogens with zero attached hydrogens (tertiary/aromatic N) is 1. The Morgan fingerprint density at radius 2 is 2.11 bits per heavy atom. The molecule has 0 saturated heterocycles. The lowest BCUT2D eigenvalue weighted by Gasteiger charge is -2.30. The number of hydrogen-bond acceptors (Lipinski definition) is 4. The fourth-order valence-electron chi connectivity index (χ4n) is 2.62. The Morgan fingerprint density at radius 1 is 1.42 bits per heavy atom. The maximum absolute atomic E-state index is 12.0. The lowest BCUT2D eigenvalue weighted by atomic mass is 9.80. The van der Waals surface area contributed by atoms with Crippen LogP contribution >= 0.6 is 0 Å².